The zero-order chi connectivity index (χ0) is 11.2. The minimum Gasteiger partial charge on any atom is -0.317 e. The molecule has 3 heteroatoms. The Morgan fingerprint density at radius 1 is 1.38 bits per heavy atom. The number of hydrogen-bond acceptors (Lipinski definition) is 3. The van der Waals surface area contributed by atoms with Gasteiger partial charge in [-0.25, -0.2) is 0 Å². The molecule has 2 rings (SSSR count). The number of benzene rings is 1. The molecule has 1 aromatic carbocycles. The molecule has 1 aliphatic rings. The predicted molar refractivity (Wildman–Crippen MR) is 65.1 cm³/mol. The van der Waals surface area contributed by atoms with E-state index in [1.165, 1.54) is 24.0 Å². The van der Waals surface area contributed by atoms with Crippen LogP contribution >= 0.6 is 0 Å². The summed E-state index contributed by atoms with van der Waals surface area (Å²) in [5.41, 5.74) is 5.64. The van der Waals surface area contributed by atoms with Crippen LogP contribution in [0.1, 0.15) is 29.9 Å². The van der Waals surface area contributed by atoms with Gasteiger partial charge >= 0.3 is 0 Å². The van der Waals surface area contributed by atoms with Crippen molar-refractivity contribution in [3.63, 3.8) is 0 Å². The molecule has 0 atom stereocenters. The maximum atomic E-state index is 4.87. The Morgan fingerprint density at radius 2 is 2.19 bits per heavy atom. The van der Waals surface area contributed by atoms with Crippen molar-refractivity contribution in [3.8, 4) is 0 Å². The molecule has 0 aromatic heterocycles. The molecule has 0 aliphatic carbocycles. The van der Waals surface area contributed by atoms with Crippen molar-refractivity contribution < 1.29 is 4.84 Å². The van der Waals surface area contributed by atoms with Crippen molar-refractivity contribution in [2.75, 3.05) is 20.2 Å². The molecule has 0 amide bonds. The average Bonchev–Trinajstić information content (AvgIpc) is 2.38. The van der Waals surface area contributed by atoms with Crippen molar-refractivity contribution in [2.24, 2.45) is 0 Å². The van der Waals surface area contributed by atoms with E-state index < -0.39 is 0 Å². The van der Waals surface area contributed by atoms with Gasteiger partial charge in [0.1, 0.15) is 0 Å². The summed E-state index contributed by atoms with van der Waals surface area (Å²) in [6, 6.07) is 8.81. The highest BCUT2D eigenvalue weighted by Gasteiger charge is 2.14. The lowest BCUT2D eigenvalue weighted by Gasteiger charge is -2.23. The highest BCUT2D eigenvalue weighted by molar-refractivity contribution is 5.26. The molecule has 1 fully saturated rings. The fourth-order valence-electron chi connectivity index (χ4n) is 2.27. The first-order valence-electron chi connectivity index (χ1n) is 5.95. The summed E-state index contributed by atoms with van der Waals surface area (Å²) >= 11 is 0. The van der Waals surface area contributed by atoms with Gasteiger partial charge in [-0.3, -0.25) is 0 Å². The lowest BCUT2D eigenvalue weighted by Crippen LogP contribution is -2.26. The molecular formula is C13H20N2O. The van der Waals surface area contributed by atoms with Gasteiger partial charge in [0.15, 0.2) is 0 Å². The van der Waals surface area contributed by atoms with E-state index in [1.807, 2.05) is 0 Å². The number of rotatable bonds is 4. The van der Waals surface area contributed by atoms with E-state index >= 15 is 0 Å². The van der Waals surface area contributed by atoms with Crippen molar-refractivity contribution in [1.82, 2.24) is 10.8 Å². The fourth-order valence-corrected chi connectivity index (χ4v) is 2.27. The second-order valence-corrected chi connectivity index (χ2v) is 4.29. The van der Waals surface area contributed by atoms with Crippen LogP contribution in [-0.4, -0.2) is 20.2 Å². The summed E-state index contributed by atoms with van der Waals surface area (Å²) in [4.78, 5) is 4.87. The topological polar surface area (TPSA) is 33.3 Å². The monoisotopic (exact) mass is 220 g/mol. The van der Waals surface area contributed by atoms with Gasteiger partial charge in [-0.2, -0.15) is 5.48 Å². The lowest BCUT2D eigenvalue weighted by atomic mass is 9.89. The van der Waals surface area contributed by atoms with E-state index in [0.29, 0.717) is 0 Å². The molecule has 1 aromatic rings. The number of piperidine rings is 1. The van der Waals surface area contributed by atoms with Crippen LogP contribution in [0, 0.1) is 0 Å². The standard InChI is InChI=1S/C13H20N2O/c1-16-15-10-11-3-2-4-13(9-11)12-5-7-14-8-6-12/h2-4,9,12,14-15H,5-8,10H2,1H3. The molecule has 16 heavy (non-hydrogen) atoms. The van der Waals surface area contributed by atoms with Crippen molar-refractivity contribution in [3.05, 3.63) is 35.4 Å². The molecule has 1 heterocycles. The van der Waals surface area contributed by atoms with E-state index in [4.69, 9.17) is 4.84 Å². The highest BCUT2D eigenvalue weighted by atomic mass is 16.6. The first kappa shape index (κ1) is 11.6. The summed E-state index contributed by atoms with van der Waals surface area (Å²) < 4.78 is 0. The van der Waals surface area contributed by atoms with E-state index in [-0.39, 0.29) is 0 Å². The van der Waals surface area contributed by atoms with Crippen LogP contribution in [0.2, 0.25) is 0 Å². The maximum Gasteiger partial charge on any atom is 0.0572 e. The van der Waals surface area contributed by atoms with Gasteiger partial charge in [0.05, 0.1) is 7.11 Å². The van der Waals surface area contributed by atoms with Gasteiger partial charge in [-0.15, -0.1) is 0 Å². The van der Waals surface area contributed by atoms with Crippen molar-refractivity contribution in [2.45, 2.75) is 25.3 Å². The molecule has 0 unspecified atom stereocenters. The first-order valence-corrected chi connectivity index (χ1v) is 5.95. The third kappa shape index (κ3) is 3.04. The molecule has 88 valence electrons. The smallest absolute Gasteiger partial charge is 0.0572 e. The molecule has 0 spiro atoms. The normalized spacial score (nSPS) is 17.6. The van der Waals surface area contributed by atoms with Gasteiger partial charge in [0.2, 0.25) is 0 Å². The molecule has 0 radical (unpaired) electrons. The van der Waals surface area contributed by atoms with E-state index in [2.05, 4.69) is 35.1 Å². The van der Waals surface area contributed by atoms with Crippen LogP contribution < -0.4 is 10.8 Å². The van der Waals surface area contributed by atoms with Crippen LogP contribution in [0.5, 0.6) is 0 Å². The SMILES string of the molecule is CONCc1cccc(C2CCNCC2)c1. The number of hydroxylamine groups is 1. The van der Waals surface area contributed by atoms with Crippen molar-refractivity contribution in [1.29, 1.82) is 0 Å². The number of nitrogens with one attached hydrogen (secondary N) is 2. The van der Waals surface area contributed by atoms with Crippen LogP contribution in [0.4, 0.5) is 0 Å². The Labute approximate surface area is 97.1 Å². The Hall–Kier alpha value is -0.900. The van der Waals surface area contributed by atoms with Crippen LogP contribution in [0.15, 0.2) is 24.3 Å². The molecular weight excluding hydrogens is 200 g/mol. The third-order valence-electron chi connectivity index (χ3n) is 3.18. The zero-order valence-electron chi connectivity index (χ0n) is 9.83. The summed E-state index contributed by atoms with van der Waals surface area (Å²) in [5.74, 6) is 0.726. The average molecular weight is 220 g/mol. The van der Waals surface area contributed by atoms with Crippen LogP contribution in [0.25, 0.3) is 0 Å². The van der Waals surface area contributed by atoms with Gasteiger partial charge in [0.25, 0.3) is 0 Å². The van der Waals surface area contributed by atoms with Gasteiger partial charge in [0, 0.05) is 6.54 Å². The second-order valence-electron chi connectivity index (χ2n) is 4.29. The molecule has 3 nitrogen and oxygen atoms in total. The minimum absolute atomic E-state index is 0.726. The van der Waals surface area contributed by atoms with Crippen molar-refractivity contribution >= 4 is 0 Å². The van der Waals surface area contributed by atoms with Gasteiger partial charge in [-0.1, -0.05) is 24.3 Å². The van der Waals surface area contributed by atoms with E-state index in [1.54, 1.807) is 7.11 Å². The molecule has 2 N–H and O–H groups in total. The molecule has 1 aliphatic heterocycles. The first-order chi connectivity index (χ1) is 7.90. The highest BCUT2D eigenvalue weighted by Crippen LogP contribution is 2.25. The summed E-state index contributed by atoms with van der Waals surface area (Å²) in [6.07, 6.45) is 2.50. The summed E-state index contributed by atoms with van der Waals surface area (Å²) in [5, 5.41) is 3.40. The summed E-state index contributed by atoms with van der Waals surface area (Å²) in [7, 11) is 1.65. The molecule has 0 bridgehead atoms. The van der Waals surface area contributed by atoms with Gasteiger partial charge < -0.3 is 10.2 Å². The lowest BCUT2D eigenvalue weighted by molar-refractivity contribution is 0.0867. The predicted octanol–water partition coefficient (Wildman–Crippen LogP) is 1.80. The quantitative estimate of drug-likeness (QED) is 0.759. The maximum absolute atomic E-state index is 4.87. The van der Waals surface area contributed by atoms with Crippen LogP contribution in [0.3, 0.4) is 0 Å². The number of hydrogen-bond donors (Lipinski definition) is 2. The largest absolute Gasteiger partial charge is 0.317 e. The van der Waals surface area contributed by atoms with E-state index in [9.17, 15) is 0 Å². The zero-order valence-corrected chi connectivity index (χ0v) is 9.83. The summed E-state index contributed by atoms with van der Waals surface area (Å²) in [6.45, 7) is 3.06. The van der Waals surface area contributed by atoms with E-state index in [0.717, 1.165) is 25.6 Å². The third-order valence-corrected chi connectivity index (χ3v) is 3.18. The fraction of sp³-hybridized carbons (Fsp3) is 0.538. The second kappa shape index (κ2) is 5.99. The Balaban J connectivity index is 2.02. The molecule has 1 saturated heterocycles. The Kier molecular flexibility index (Phi) is 4.34. The van der Waals surface area contributed by atoms with Gasteiger partial charge in [-0.05, 0) is 43.0 Å². The minimum atomic E-state index is 0.726. The Bertz CT molecular complexity index is 321. The molecule has 0 saturated carbocycles. The van der Waals surface area contributed by atoms with Crippen LogP contribution in [-0.2, 0) is 11.4 Å². The Morgan fingerprint density at radius 3 is 2.94 bits per heavy atom.